The first kappa shape index (κ1) is 15.9. The maximum absolute atomic E-state index is 11.5. The maximum Gasteiger partial charge on any atom is 0.239 e. The first-order valence-corrected chi connectivity index (χ1v) is 6.79. The van der Waals surface area contributed by atoms with Crippen LogP contribution in [-0.2, 0) is 18.4 Å². The van der Waals surface area contributed by atoms with Crippen molar-refractivity contribution in [1.29, 1.82) is 0 Å². The van der Waals surface area contributed by atoms with E-state index in [9.17, 15) is 4.79 Å². The minimum absolute atomic E-state index is 0.0453. The molecule has 20 heavy (non-hydrogen) atoms. The second-order valence-corrected chi connectivity index (χ2v) is 4.20. The van der Waals surface area contributed by atoms with Gasteiger partial charge in [0, 0.05) is 20.1 Å². The molecule has 1 heterocycles. The molecular formula is C12H23N7O. The van der Waals surface area contributed by atoms with Crippen LogP contribution in [0.1, 0.15) is 26.1 Å². The van der Waals surface area contributed by atoms with Crippen molar-refractivity contribution in [1.82, 2.24) is 30.7 Å². The van der Waals surface area contributed by atoms with Crippen LogP contribution in [0.2, 0.25) is 0 Å². The van der Waals surface area contributed by atoms with Gasteiger partial charge < -0.3 is 16.0 Å². The number of hydrogen-bond donors (Lipinski definition) is 3. The zero-order valence-corrected chi connectivity index (χ0v) is 12.3. The van der Waals surface area contributed by atoms with Crippen LogP contribution in [0.4, 0.5) is 0 Å². The highest BCUT2D eigenvalue weighted by Gasteiger charge is 2.04. The van der Waals surface area contributed by atoms with Gasteiger partial charge in [0.05, 0.1) is 6.54 Å². The summed E-state index contributed by atoms with van der Waals surface area (Å²) < 4.78 is 1.67. The van der Waals surface area contributed by atoms with Gasteiger partial charge in [-0.25, -0.2) is 9.98 Å². The molecule has 0 aliphatic rings. The Morgan fingerprint density at radius 2 is 2.15 bits per heavy atom. The van der Waals surface area contributed by atoms with Crippen LogP contribution in [0.25, 0.3) is 0 Å². The molecule has 1 aromatic heterocycles. The van der Waals surface area contributed by atoms with Crippen LogP contribution in [0.15, 0.2) is 11.3 Å². The Morgan fingerprint density at radius 3 is 2.75 bits per heavy atom. The Hall–Kier alpha value is -2.12. The summed E-state index contributed by atoms with van der Waals surface area (Å²) in [5, 5.41) is 12.8. The van der Waals surface area contributed by atoms with Gasteiger partial charge in [-0.3, -0.25) is 9.48 Å². The fraction of sp³-hybridized carbons (Fsp3) is 0.667. The van der Waals surface area contributed by atoms with Crippen molar-refractivity contribution >= 4 is 11.9 Å². The smallest absolute Gasteiger partial charge is 0.239 e. The van der Waals surface area contributed by atoms with Crippen LogP contribution in [0.5, 0.6) is 0 Å². The number of carbonyl (C=O) groups excluding carboxylic acids is 1. The van der Waals surface area contributed by atoms with Crippen molar-refractivity contribution in [2.24, 2.45) is 12.0 Å². The van der Waals surface area contributed by atoms with E-state index in [2.05, 4.69) is 31.0 Å². The number of rotatable bonds is 7. The van der Waals surface area contributed by atoms with E-state index in [1.54, 1.807) is 4.68 Å². The molecule has 8 nitrogen and oxygen atoms in total. The second kappa shape index (κ2) is 8.89. The molecule has 0 spiro atoms. The molecule has 112 valence electrons. The number of carbonyl (C=O) groups is 1. The molecule has 0 aromatic carbocycles. The van der Waals surface area contributed by atoms with Crippen molar-refractivity contribution in [3.8, 4) is 0 Å². The highest BCUT2D eigenvalue weighted by Crippen LogP contribution is 1.93. The Labute approximate surface area is 119 Å². The van der Waals surface area contributed by atoms with E-state index in [4.69, 9.17) is 0 Å². The molecule has 0 saturated carbocycles. The Bertz CT molecular complexity index is 441. The number of aromatic nitrogens is 3. The molecule has 8 heteroatoms. The summed E-state index contributed by atoms with van der Waals surface area (Å²) in [6.45, 7) is 6.00. The minimum Gasteiger partial charge on any atom is -0.357 e. The van der Waals surface area contributed by atoms with Gasteiger partial charge in [-0.15, -0.1) is 0 Å². The summed E-state index contributed by atoms with van der Waals surface area (Å²) in [6, 6.07) is 0. The van der Waals surface area contributed by atoms with E-state index in [1.807, 2.05) is 20.9 Å². The molecule has 1 aromatic rings. The van der Waals surface area contributed by atoms with Gasteiger partial charge in [-0.2, -0.15) is 5.10 Å². The zero-order valence-electron chi connectivity index (χ0n) is 12.3. The fourth-order valence-electron chi connectivity index (χ4n) is 1.45. The average Bonchev–Trinajstić information content (AvgIpc) is 2.85. The molecule has 0 bridgehead atoms. The lowest BCUT2D eigenvalue weighted by Gasteiger charge is -2.11. The fourth-order valence-corrected chi connectivity index (χ4v) is 1.45. The molecule has 0 radical (unpaired) electrons. The second-order valence-electron chi connectivity index (χ2n) is 4.20. The highest BCUT2D eigenvalue weighted by molar-refractivity contribution is 5.86. The molecule has 0 saturated heterocycles. The molecule has 1 rings (SSSR count). The number of aryl methyl sites for hydroxylation is 1. The minimum atomic E-state index is -0.0453. The number of amides is 1. The number of nitrogens with one attached hydrogen (secondary N) is 3. The van der Waals surface area contributed by atoms with Crippen molar-refractivity contribution in [2.45, 2.75) is 26.8 Å². The molecule has 3 N–H and O–H groups in total. The molecule has 0 aliphatic carbocycles. The van der Waals surface area contributed by atoms with Gasteiger partial charge in [0.25, 0.3) is 0 Å². The van der Waals surface area contributed by atoms with E-state index in [0.29, 0.717) is 19.0 Å². The van der Waals surface area contributed by atoms with E-state index < -0.39 is 0 Å². The first-order valence-electron chi connectivity index (χ1n) is 6.79. The SMILES string of the molecule is CCCNC(=O)CNC(=NCc1ncnn1C)NCC. The molecule has 0 fully saturated rings. The summed E-state index contributed by atoms with van der Waals surface area (Å²) in [7, 11) is 1.82. The third-order valence-corrected chi connectivity index (χ3v) is 2.52. The van der Waals surface area contributed by atoms with Crippen LogP contribution >= 0.6 is 0 Å². The Balaban J connectivity index is 2.47. The van der Waals surface area contributed by atoms with E-state index in [0.717, 1.165) is 18.8 Å². The van der Waals surface area contributed by atoms with E-state index >= 15 is 0 Å². The third kappa shape index (κ3) is 5.68. The van der Waals surface area contributed by atoms with Crippen molar-refractivity contribution in [3.05, 3.63) is 12.2 Å². The summed E-state index contributed by atoms with van der Waals surface area (Å²) in [6.07, 6.45) is 2.41. The monoisotopic (exact) mass is 281 g/mol. The van der Waals surface area contributed by atoms with Crippen molar-refractivity contribution in [3.63, 3.8) is 0 Å². The summed E-state index contributed by atoms with van der Waals surface area (Å²) in [5.41, 5.74) is 0. The van der Waals surface area contributed by atoms with Gasteiger partial charge >= 0.3 is 0 Å². The molecule has 1 amide bonds. The van der Waals surface area contributed by atoms with Crippen LogP contribution in [0, 0.1) is 0 Å². The number of guanidine groups is 1. The largest absolute Gasteiger partial charge is 0.357 e. The van der Waals surface area contributed by atoms with Gasteiger partial charge in [-0.1, -0.05) is 6.92 Å². The van der Waals surface area contributed by atoms with Crippen molar-refractivity contribution in [2.75, 3.05) is 19.6 Å². The molecule has 0 atom stereocenters. The van der Waals surface area contributed by atoms with E-state index in [1.165, 1.54) is 6.33 Å². The Kier molecular flexibility index (Phi) is 7.08. The molecular weight excluding hydrogens is 258 g/mol. The summed E-state index contributed by atoms with van der Waals surface area (Å²) in [4.78, 5) is 20.0. The van der Waals surface area contributed by atoms with Gasteiger partial charge in [0.15, 0.2) is 5.96 Å². The topological polar surface area (TPSA) is 96.2 Å². The summed E-state index contributed by atoms with van der Waals surface area (Å²) in [5.74, 6) is 1.30. The van der Waals surface area contributed by atoms with Crippen molar-refractivity contribution < 1.29 is 4.79 Å². The number of aliphatic imine (C=N–C) groups is 1. The lowest BCUT2D eigenvalue weighted by atomic mass is 10.4. The Morgan fingerprint density at radius 1 is 1.35 bits per heavy atom. The first-order chi connectivity index (χ1) is 9.67. The predicted octanol–water partition coefficient (Wildman–Crippen LogP) is -0.604. The highest BCUT2D eigenvalue weighted by atomic mass is 16.1. The molecule has 0 aliphatic heterocycles. The number of hydrogen-bond acceptors (Lipinski definition) is 4. The standard InChI is InChI=1S/C12H23N7O/c1-4-6-14-11(20)8-16-12(13-5-2)15-7-10-17-9-18-19(10)3/h9H,4-8H2,1-3H3,(H,14,20)(H2,13,15,16). The predicted molar refractivity (Wildman–Crippen MR) is 77.1 cm³/mol. The quantitative estimate of drug-likeness (QED) is 0.458. The molecule has 0 unspecified atom stereocenters. The maximum atomic E-state index is 11.5. The average molecular weight is 281 g/mol. The lowest BCUT2D eigenvalue weighted by Crippen LogP contribution is -2.43. The van der Waals surface area contributed by atoms with Crippen LogP contribution in [-0.4, -0.2) is 46.3 Å². The van der Waals surface area contributed by atoms with Gasteiger partial charge in [-0.05, 0) is 13.3 Å². The summed E-state index contributed by atoms with van der Waals surface area (Å²) >= 11 is 0. The van der Waals surface area contributed by atoms with E-state index in [-0.39, 0.29) is 12.5 Å². The zero-order chi connectivity index (χ0) is 14.8. The van der Waals surface area contributed by atoms with Crippen LogP contribution < -0.4 is 16.0 Å². The normalized spacial score (nSPS) is 11.2. The van der Waals surface area contributed by atoms with Gasteiger partial charge in [0.2, 0.25) is 5.91 Å². The van der Waals surface area contributed by atoms with Crippen LogP contribution in [0.3, 0.4) is 0 Å². The number of nitrogens with zero attached hydrogens (tertiary/aromatic N) is 4. The third-order valence-electron chi connectivity index (χ3n) is 2.52. The van der Waals surface area contributed by atoms with Gasteiger partial charge in [0.1, 0.15) is 18.7 Å². The lowest BCUT2D eigenvalue weighted by molar-refractivity contribution is -0.120.